The van der Waals surface area contributed by atoms with Gasteiger partial charge >= 0.3 is 12.3 Å². The van der Waals surface area contributed by atoms with Crippen molar-refractivity contribution in [2.75, 3.05) is 52.5 Å². The highest BCUT2D eigenvalue weighted by Gasteiger charge is 2.57. The molecule has 2 amide bonds. The second-order valence-corrected chi connectivity index (χ2v) is 14.1. The van der Waals surface area contributed by atoms with Gasteiger partial charge in [-0.2, -0.15) is 13.2 Å². The minimum absolute atomic E-state index is 0.0525. The topological polar surface area (TPSA) is 88.1 Å². The molecule has 1 aromatic rings. The number of aromatic nitrogens is 2. The Balaban J connectivity index is 1.06. The summed E-state index contributed by atoms with van der Waals surface area (Å²) in [6, 6.07) is 0. The zero-order chi connectivity index (χ0) is 31.4. The molecule has 1 aromatic heterocycles. The molecular formula is C32H46F3N5O4. The predicted octanol–water partition coefficient (Wildman–Crippen LogP) is 5.09. The maximum atomic E-state index is 13.4. The van der Waals surface area contributed by atoms with Gasteiger partial charge in [-0.3, -0.25) is 9.69 Å². The summed E-state index contributed by atoms with van der Waals surface area (Å²) in [7, 11) is 0. The van der Waals surface area contributed by atoms with E-state index in [2.05, 4.69) is 28.7 Å². The molecule has 12 heteroatoms. The van der Waals surface area contributed by atoms with Gasteiger partial charge < -0.3 is 19.3 Å². The van der Waals surface area contributed by atoms with Gasteiger partial charge in [0.25, 0.3) is 5.91 Å². The van der Waals surface area contributed by atoms with Crippen LogP contribution < -0.4 is 0 Å². The van der Waals surface area contributed by atoms with E-state index in [0.717, 1.165) is 84.3 Å². The first kappa shape index (κ1) is 31.5. The molecule has 5 fully saturated rings. The molecule has 6 rings (SSSR count). The minimum atomic E-state index is -4.66. The number of amides is 2. The van der Waals surface area contributed by atoms with E-state index < -0.39 is 17.6 Å². The third-order valence-corrected chi connectivity index (χ3v) is 11.4. The maximum Gasteiger partial charge on any atom is 0.451 e. The van der Waals surface area contributed by atoms with Crippen LogP contribution >= 0.6 is 0 Å². The first-order chi connectivity index (χ1) is 20.8. The van der Waals surface area contributed by atoms with Gasteiger partial charge in [-0.25, -0.2) is 14.8 Å². The van der Waals surface area contributed by atoms with E-state index in [1.54, 1.807) is 4.90 Å². The molecule has 244 valence electrons. The maximum absolute atomic E-state index is 13.4. The Kier molecular flexibility index (Phi) is 8.39. The predicted molar refractivity (Wildman–Crippen MR) is 156 cm³/mol. The number of likely N-dealkylation sites (tertiary alicyclic amines) is 2. The molecule has 0 N–H and O–H groups in total. The second-order valence-electron chi connectivity index (χ2n) is 14.1. The number of carbonyl (C=O) groups excluding carboxylic acids is 2. The monoisotopic (exact) mass is 621 g/mol. The number of ether oxygens (including phenoxy) is 2. The van der Waals surface area contributed by atoms with Crippen molar-refractivity contribution in [3.05, 3.63) is 22.8 Å². The number of unbranched alkanes of at least 4 members (excludes halogenated alkanes) is 1. The minimum Gasteiger partial charge on any atom is -0.442 e. The van der Waals surface area contributed by atoms with Gasteiger partial charge in [0.15, 0.2) is 0 Å². The first-order valence-electron chi connectivity index (χ1n) is 16.4. The number of alkyl halides is 3. The lowest BCUT2D eigenvalue weighted by atomic mass is 9.74. The molecular weight excluding hydrogens is 575 g/mol. The number of fused-ring (bicyclic) bond motifs is 1. The summed E-state index contributed by atoms with van der Waals surface area (Å²) < 4.78 is 51.4. The van der Waals surface area contributed by atoms with E-state index in [-0.39, 0.29) is 34.5 Å². The van der Waals surface area contributed by atoms with Gasteiger partial charge in [-0.05, 0) is 57.8 Å². The fourth-order valence-corrected chi connectivity index (χ4v) is 8.42. The largest absolute Gasteiger partial charge is 0.451 e. The molecule has 0 aromatic carbocycles. The number of piperidine rings is 2. The quantitative estimate of drug-likeness (QED) is 0.419. The molecule has 4 saturated heterocycles. The molecule has 9 nitrogen and oxygen atoms in total. The van der Waals surface area contributed by atoms with Crippen LogP contribution in [0.1, 0.15) is 86.4 Å². The van der Waals surface area contributed by atoms with Crippen LogP contribution in [0.5, 0.6) is 0 Å². The van der Waals surface area contributed by atoms with E-state index in [0.29, 0.717) is 36.8 Å². The number of aryl methyl sites for hydroxylation is 2. The van der Waals surface area contributed by atoms with Crippen molar-refractivity contribution in [1.82, 2.24) is 24.7 Å². The van der Waals surface area contributed by atoms with Crippen LogP contribution in [0.15, 0.2) is 0 Å². The summed E-state index contributed by atoms with van der Waals surface area (Å²) in [6.45, 7) is 13.2. The van der Waals surface area contributed by atoms with Crippen LogP contribution in [0, 0.1) is 37.5 Å². The molecule has 44 heavy (non-hydrogen) atoms. The Hall–Kier alpha value is -2.47. The van der Waals surface area contributed by atoms with E-state index in [4.69, 9.17) is 9.47 Å². The molecule has 4 aliphatic heterocycles. The Labute approximate surface area is 257 Å². The smallest absolute Gasteiger partial charge is 0.442 e. The van der Waals surface area contributed by atoms with Crippen molar-refractivity contribution >= 4 is 12.0 Å². The standard InChI is InChI=1S/C32H46F3N5O4/c1-5-6-7-22-16-39(17-23-24-18-43-19-25(23)24)29(42)44-31(22)10-14-40(15-11-31)30(4)8-12-38(13-9-30)27(41)26-20(2)36-28(32(33,34)35)37-21(26)3/h22-25H,5-19H2,1-4H3/t22-,23?,24-,25+/m0/s1. The lowest BCUT2D eigenvalue weighted by Crippen LogP contribution is -2.63. The number of hydrogen-bond donors (Lipinski definition) is 0. The van der Waals surface area contributed by atoms with E-state index in [9.17, 15) is 22.8 Å². The third-order valence-electron chi connectivity index (χ3n) is 11.4. The van der Waals surface area contributed by atoms with Crippen LogP contribution in [0.4, 0.5) is 18.0 Å². The molecule has 4 atom stereocenters. The lowest BCUT2D eigenvalue weighted by Gasteiger charge is -2.55. The summed E-state index contributed by atoms with van der Waals surface area (Å²) in [5.74, 6) is 0.558. The third kappa shape index (κ3) is 5.81. The molecule has 1 spiro atoms. The fourth-order valence-electron chi connectivity index (χ4n) is 8.42. The van der Waals surface area contributed by atoms with Crippen molar-refractivity contribution < 1.29 is 32.2 Å². The van der Waals surface area contributed by atoms with Crippen molar-refractivity contribution in [1.29, 1.82) is 0 Å². The van der Waals surface area contributed by atoms with Crippen LogP contribution in [0.2, 0.25) is 0 Å². The van der Waals surface area contributed by atoms with Crippen LogP contribution in [-0.2, 0) is 15.7 Å². The van der Waals surface area contributed by atoms with Gasteiger partial charge in [-0.15, -0.1) is 0 Å². The highest BCUT2D eigenvalue weighted by Crippen LogP contribution is 2.52. The zero-order valence-corrected chi connectivity index (χ0v) is 26.4. The summed E-state index contributed by atoms with van der Waals surface area (Å²) in [6.07, 6.45) is 1.60. The summed E-state index contributed by atoms with van der Waals surface area (Å²) in [4.78, 5) is 40.1. The Morgan fingerprint density at radius 3 is 2.18 bits per heavy atom. The first-order valence-corrected chi connectivity index (χ1v) is 16.4. The number of carbonyl (C=O) groups is 2. The Bertz CT molecular complexity index is 1230. The second kappa shape index (κ2) is 11.7. The van der Waals surface area contributed by atoms with Crippen LogP contribution in [0.3, 0.4) is 0 Å². The molecule has 0 bridgehead atoms. The van der Waals surface area contributed by atoms with Crippen molar-refractivity contribution in [3.8, 4) is 0 Å². The molecule has 5 aliphatic rings. The molecule has 0 radical (unpaired) electrons. The van der Waals surface area contributed by atoms with Gasteiger partial charge in [0.1, 0.15) is 5.60 Å². The van der Waals surface area contributed by atoms with Gasteiger partial charge in [0.2, 0.25) is 5.82 Å². The lowest BCUT2D eigenvalue weighted by molar-refractivity contribution is -0.145. The molecule has 1 aliphatic carbocycles. The van der Waals surface area contributed by atoms with E-state index in [1.165, 1.54) is 13.8 Å². The molecule has 5 heterocycles. The van der Waals surface area contributed by atoms with Crippen molar-refractivity contribution in [2.45, 2.75) is 90.0 Å². The van der Waals surface area contributed by atoms with Gasteiger partial charge in [-0.1, -0.05) is 19.8 Å². The summed E-state index contributed by atoms with van der Waals surface area (Å²) in [5, 5.41) is 0. The summed E-state index contributed by atoms with van der Waals surface area (Å²) >= 11 is 0. The molecule has 1 saturated carbocycles. The number of hydrogen-bond acceptors (Lipinski definition) is 7. The zero-order valence-electron chi connectivity index (χ0n) is 26.4. The van der Waals surface area contributed by atoms with E-state index >= 15 is 0 Å². The SMILES string of the molecule is CCCC[C@H]1CN(CC2[C@H]3COC[C@@H]23)C(=O)OC12CCN(C1(C)CCN(C(=O)c3c(C)nc(C(F)(F)F)nc3C)CC1)CC2. The van der Waals surface area contributed by atoms with Gasteiger partial charge in [0.05, 0.1) is 30.2 Å². The fraction of sp³-hybridized carbons (Fsp3) is 0.812. The summed E-state index contributed by atoms with van der Waals surface area (Å²) in [5.41, 5.74) is -0.277. The Morgan fingerprint density at radius 2 is 1.61 bits per heavy atom. The molecule has 1 unspecified atom stereocenters. The average molecular weight is 622 g/mol. The van der Waals surface area contributed by atoms with Gasteiger partial charge in [0, 0.05) is 63.6 Å². The van der Waals surface area contributed by atoms with Crippen molar-refractivity contribution in [2.24, 2.45) is 23.7 Å². The number of rotatable bonds is 7. The Morgan fingerprint density at radius 1 is 1.00 bits per heavy atom. The van der Waals surface area contributed by atoms with Crippen LogP contribution in [0.25, 0.3) is 0 Å². The highest BCUT2D eigenvalue weighted by molar-refractivity contribution is 5.96. The van der Waals surface area contributed by atoms with E-state index in [1.807, 2.05) is 4.90 Å². The highest BCUT2D eigenvalue weighted by atomic mass is 19.4. The number of nitrogens with zero attached hydrogens (tertiary/aromatic N) is 5. The normalized spacial score (nSPS) is 29.9. The number of halogens is 3. The van der Waals surface area contributed by atoms with Crippen LogP contribution in [-0.4, -0.2) is 100 Å². The average Bonchev–Trinajstić information content (AvgIpc) is 3.37. The van der Waals surface area contributed by atoms with Crippen molar-refractivity contribution in [3.63, 3.8) is 0 Å².